The monoisotopic (exact) mass is 229 g/mol. The average molecular weight is 229 g/mol. The van der Waals surface area contributed by atoms with Crippen molar-refractivity contribution in [2.45, 2.75) is 0 Å². The number of nitrogens with two attached hydrogens (primary N) is 1. The number of anilines is 1. The van der Waals surface area contributed by atoms with Gasteiger partial charge in [0.25, 0.3) is 0 Å². The van der Waals surface area contributed by atoms with Crippen LogP contribution in [0, 0.1) is 0 Å². The molecule has 0 aliphatic carbocycles. The Labute approximate surface area is 98.3 Å². The molecule has 0 aliphatic rings. The molecule has 0 aliphatic heterocycles. The van der Waals surface area contributed by atoms with Crippen molar-refractivity contribution in [3.63, 3.8) is 0 Å². The fraction of sp³-hybridized carbons (Fsp3) is 0.0833. The minimum Gasteiger partial charge on any atom is -0.464 e. The highest BCUT2D eigenvalue weighted by Crippen LogP contribution is 2.21. The summed E-state index contributed by atoms with van der Waals surface area (Å²) in [5.74, 6) is -0.541. The highest BCUT2D eigenvalue weighted by Gasteiger charge is 2.12. The molecule has 5 heteroatoms. The zero-order valence-corrected chi connectivity index (χ0v) is 9.25. The standard InChI is InChI=1S/C12H11N3O2/c1-17-12(16)11-10(13)5-9(7-15-11)8-3-2-4-14-6-8/h2-7H,13H2,1H3. The number of nitrogens with zero attached hydrogens (tertiary/aromatic N) is 2. The number of ether oxygens (including phenoxy) is 1. The normalized spacial score (nSPS) is 9.94. The minimum atomic E-state index is -0.541. The summed E-state index contributed by atoms with van der Waals surface area (Å²) in [5, 5.41) is 0. The second kappa shape index (κ2) is 4.61. The molecule has 17 heavy (non-hydrogen) atoms. The van der Waals surface area contributed by atoms with E-state index in [4.69, 9.17) is 5.73 Å². The van der Waals surface area contributed by atoms with Gasteiger partial charge >= 0.3 is 5.97 Å². The molecule has 2 rings (SSSR count). The van der Waals surface area contributed by atoms with Crippen molar-refractivity contribution in [2.75, 3.05) is 12.8 Å². The maximum atomic E-state index is 11.3. The molecular formula is C12H11N3O2. The first-order valence-electron chi connectivity index (χ1n) is 4.96. The smallest absolute Gasteiger partial charge is 0.358 e. The Kier molecular flexibility index (Phi) is 3.00. The van der Waals surface area contributed by atoms with E-state index in [-0.39, 0.29) is 5.69 Å². The number of aromatic nitrogens is 2. The molecule has 0 bridgehead atoms. The van der Waals surface area contributed by atoms with Gasteiger partial charge in [-0.05, 0) is 12.1 Å². The molecule has 2 N–H and O–H groups in total. The number of nitrogen functional groups attached to an aromatic ring is 1. The van der Waals surface area contributed by atoms with Crippen LogP contribution < -0.4 is 5.73 Å². The highest BCUT2D eigenvalue weighted by atomic mass is 16.5. The molecule has 0 saturated carbocycles. The van der Waals surface area contributed by atoms with Crippen LogP contribution >= 0.6 is 0 Å². The van der Waals surface area contributed by atoms with Crippen LogP contribution in [0.15, 0.2) is 36.8 Å². The molecule has 5 nitrogen and oxygen atoms in total. The van der Waals surface area contributed by atoms with Crippen molar-refractivity contribution in [3.05, 3.63) is 42.5 Å². The first kappa shape index (κ1) is 11.1. The maximum Gasteiger partial charge on any atom is 0.358 e. The Morgan fingerprint density at radius 2 is 2.18 bits per heavy atom. The largest absolute Gasteiger partial charge is 0.464 e. The zero-order valence-electron chi connectivity index (χ0n) is 9.25. The summed E-state index contributed by atoms with van der Waals surface area (Å²) in [7, 11) is 1.29. The molecule has 0 aromatic carbocycles. The van der Waals surface area contributed by atoms with Gasteiger partial charge in [-0.2, -0.15) is 0 Å². The Hall–Kier alpha value is -2.43. The molecule has 2 aromatic rings. The summed E-state index contributed by atoms with van der Waals surface area (Å²) in [5.41, 5.74) is 7.87. The molecule has 0 spiro atoms. The van der Waals surface area contributed by atoms with Crippen molar-refractivity contribution in [1.29, 1.82) is 0 Å². The summed E-state index contributed by atoms with van der Waals surface area (Å²) in [6, 6.07) is 5.39. The van der Waals surface area contributed by atoms with E-state index in [9.17, 15) is 4.79 Å². The molecule has 0 radical (unpaired) electrons. The van der Waals surface area contributed by atoms with Crippen LogP contribution in [0.4, 0.5) is 5.69 Å². The van der Waals surface area contributed by atoms with Crippen molar-refractivity contribution < 1.29 is 9.53 Å². The Bertz CT molecular complexity index is 541. The van der Waals surface area contributed by atoms with E-state index in [1.165, 1.54) is 7.11 Å². The first-order valence-corrected chi connectivity index (χ1v) is 4.96. The topological polar surface area (TPSA) is 78.1 Å². The molecule has 2 aromatic heterocycles. The van der Waals surface area contributed by atoms with Gasteiger partial charge in [-0.15, -0.1) is 0 Å². The van der Waals surface area contributed by atoms with Crippen LogP contribution in [-0.2, 0) is 4.74 Å². The van der Waals surface area contributed by atoms with Crippen molar-refractivity contribution in [2.24, 2.45) is 0 Å². The SMILES string of the molecule is COC(=O)c1ncc(-c2cccnc2)cc1N. The summed E-state index contributed by atoms with van der Waals surface area (Å²) in [4.78, 5) is 19.3. The molecule has 2 heterocycles. The summed E-state index contributed by atoms with van der Waals surface area (Å²) in [6.07, 6.45) is 4.96. The van der Waals surface area contributed by atoms with Gasteiger partial charge in [0, 0.05) is 29.7 Å². The molecular weight excluding hydrogens is 218 g/mol. The van der Waals surface area contributed by atoms with Crippen molar-refractivity contribution >= 4 is 11.7 Å². The van der Waals surface area contributed by atoms with E-state index in [0.29, 0.717) is 5.69 Å². The van der Waals surface area contributed by atoms with Gasteiger partial charge in [0.15, 0.2) is 5.69 Å². The van der Waals surface area contributed by atoms with Crippen LogP contribution in [0.2, 0.25) is 0 Å². The third-order valence-corrected chi connectivity index (χ3v) is 2.29. The summed E-state index contributed by atoms with van der Waals surface area (Å²) in [6.45, 7) is 0. The zero-order chi connectivity index (χ0) is 12.3. The molecule has 0 fully saturated rings. The average Bonchev–Trinajstić information content (AvgIpc) is 2.39. The van der Waals surface area contributed by atoms with Gasteiger partial charge in [-0.25, -0.2) is 9.78 Å². The molecule has 0 unspecified atom stereocenters. The fourth-order valence-corrected chi connectivity index (χ4v) is 1.44. The van der Waals surface area contributed by atoms with Crippen molar-refractivity contribution in [3.8, 4) is 11.1 Å². The number of rotatable bonds is 2. The predicted octanol–water partition coefficient (Wildman–Crippen LogP) is 1.51. The minimum absolute atomic E-state index is 0.125. The molecule has 86 valence electrons. The van der Waals surface area contributed by atoms with Gasteiger partial charge < -0.3 is 10.5 Å². The Morgan fingerprint density at radius 3 is 2.76 bits per heavy atom. The van der Waals surface area contributed by atoms with Gasteiger partial charge in [0.2, 0.25) is 0 Å². The fourth-order valence-electron chi connectivity index (χ4n) is 1.44. The quantitative estimate of drug-likeness (QED) is 0.790. The van der Waals surface area contributed by atoms with Gasteiger partial charge in [0.05, 0.1) is 12.8 Å². The maximum absolute atomic E-state index is 11.3. The lowest BCUT2D eigenvalue weighted by molar-refractivity contribution is 0.0595. The van der Waals surface area contributed by atoms with Crippen LogP contribution in [0.1, 0.15) is 10.5 Å². The van der Waals surface area contributed by atoms with Crippen molar-refractivity contribution in [1.82, 2.24) is 9.97 Å². The lowest BCUT2D eigenvalue weighted by Gasteiger charge is -2.05. The van der Waals surface area contributed by atoms with E-state index >= 15 is 0 Å². The number of carbonyl (C=O) groups is 1. The van der Waals surface area contributed by atoms with E-state index in [2.05, 4.69) is 14.7 Å². The number of carbonyl (C=O) groups excluding carboxylic acids is 1. The third kappa shape index (κ3) is 2.23. The Balaban J connectivity index is 2.41. The second-order valence-electron chi connectivity index (χ2n) is 3.40. The number of pyridine rings is 2. The van der Waals surface area contributed by atoms with Gasteiger partial charge in [-0.1, -0.05) is 6.07 Å². The van der Waals surface area contributed by atoms with Gasteiger partial charge in [-0.3, -0.25) is 4.98 Å². The van der Waals surface area contributed by atoms with E-state index in [1.54, 1.807) is 24.7 Å². The number of hydrogen-bond donors (Lipinski definition) is 1. The summed E-state index contributed by atoms with van der Waals surface area (Å²) >= 11 is 0. The number of esters is 1. The molecule has 0 amide bonds. The van der Waals surface area contributed by atoms with Crippen LogP contribution in [0.3, 0.4) is 0 Å². The molecule has 0 saturated heterocycles. The summed E-state index contributed by atoms with van der Waals surface area (Å²) < 4.78 is 4.57. The molecule has 0 atom stereocenters. The van der Waals surface area contributed by atoms with E-state index in [1.807, 2.05) is 12.1 Å². The second-order valence-corrected chi connectivity index (χ2v) is 3.40. The van der Waals surface area contributed by atoms with Crippen LogP contribution in [0.25, 0.3) is 11.1 Å². The van der Waals surface area contributed by atoms with E-state index in [0.717, 1.165) is 11.1 Å². The first-order chi connectivity index (χ1) is 8.22. The lowest BCUT2D eigenvalue weighted by Crippen LogP contribution is -2.08. The number of methoxy groups -OCH3 is 1. The van der Waals surface area contributed by atoms with Crippen LogP contribution in [0.5, 0.6) is 0 Å². The van der Waals surface area contributed by atoms with Gasteiger partial charge in [0.1, 0.15) is 0 Å². The number of hydrogen-bond acceptors (Lipinski definition) is 5. The lowest BCUT2D eigenvalue weighted by atomic mass is 10.1. The Morgan fingerprint density at radius 1 is 1.35 bits per heavy atom. The predicted molar refractivity (Wildman–Crippen MR) is 63.2 cm³/mol. The van der Waals surface area contributed by atoms with Crippen LogP contribution in [-0.4, -0.2) is 23.0 Å². The highest BCUT2D eigenvalue weighted by molar-refractivity contribution is 5.93. The third-order valence-electron chi connectivity index (χ3n) is 2.29. The van der Waals surface area contributed by atoms with E-state index < -0.39 is 5.97 Å².